The van der Waals surface area contributed by atoms with Crippen molar-refractivity contribution >= 4 is 28.7 Å². The number of pyridine rings is 1. The largest absolute Gasteiger partial charge is 0.454 e. The molecule has 0 bridgehead atoms. The molecule has 0 saturated heterocycles. The third-order valence-corrected chi connectivity index (χ3v) is 4.54. The number of carbonyl (C=O) groups is 1. The molecule has 0 spiro atoms. The quantitative estimate of drug-likeness (QED) is 0.542. The van der Waals surface area contributed by atoms with Gasteiger partial charge in [-0.1, -0.05) is 18.2 Å². The van der Waals surface area contributed by atoms with Crippen molar-refractivity contribution in [2.45, 2.75) is 0 Å². The zero-order valence-electron chi connectivity index (χ0n) is 15.3. The van der Waals surface area contributed by atoms with Gasteiger partial charge in [0.2, 0.25) is 12.7 Å². The Labute approximate surface area is 166 Å². The average molecular weight is 384 g/mol. The molecule has 5 rings (SSSR count). The lowest BCUT2D eigenvalue weighted by molar-refractivity contribution is -0.111. The van der Waals surface area contributed by atoms with Gasteiger partial charge in [0.25, 0.3) is 0 Å². The van der Waals surface area contributed by atoms with Crippen LogP contribution in [0.15, 0.2) is 73.2 Å². The summed E-state index contributed by atoms with van der Waals surface area (Å²) in [5, 5.41) is 2.81. The molecular weight excluding hydrogens is 368 g/mol. The first-order valence-corrected chi connectivity index (χ1v) is 9.03. The molecule has 1 amide bonds. The normalized spacial score (nSPS) is 12.6. The van der Waals surface area contributed by atoms with Crippen LogP contribution in [0.25, 0.3) is 22.9 Å². The Morgan fingerprint density at radius 1 is 1.03 bits per heavy atom. The van der Waals surface area contributed by atoms with E-state index in [1.807, 2.05) is 59.2 Å². The molecule has 0 saturated carbocycles. The monoisotopic (exact) mass is 384 g/mol. The van der Waals surface area contributed by atoms with Gasteiger partial charge < -0.3 is 14.8 Å². The van der Waals surface area contributed by atoms with Crippen LogP contribution in [0, 0.1) is 0 Å². The second-order valence-electron chi connectivity index (χ2n) is 6.44. The zero-order valence-corrected chi connectivity index (χ0v) is 15.3. The number of anilines is 1. The number of carbonyl (C=O) groups excluding carboxylic acids is 1. The molecule has 0 unspecified atom stereocenters. The number of nitrogens with one attached hydrogen (secondary N) is 1. The summed E-state index contributed by atoms with van der Waals surface area (Å²) in [6.07, 6.45) is 6.54. The second kappa shape index (κ2) is 7.12. The number of amides is 1. The summed E-state index contributed by atoms with van der Waals surface area (Å²) in [5.74, 6) is 1.88. The Morgan fingerprint density at radius 3 is 2.83 bits per heavy atom. The van der Waals surface area contributed by atoms with Crippen molar-refractivity contribution in [3.8, 4) is 17.3 Å². The topological polar surface area (TPSA) is 78.3 Å². The molecule has 0 radical (unpaired) electrons. The number of ether oxygens (including phenoxy) is 2. The predicted molar refractivity (Wildman–Crippen MR) is 109 cm³/mol. The van der Waals surface area contributed by atoms with E-state index in [0.29, 0.717) is 17.2 Å². The smallest absolute Gasteiger partial charge is 0.248 e. The third-order valence-electron chi connectivity index (χ3n) is 4.54. The molecule has 0 fully saturated rings. The molecule has 0 atom stereocenters. The van der Waals surface area contributed by atoms with E-state index in [0.717, 1.165) is 22.4 Å². The molecular formula is C22H16N4O3. The number of rotatable bonds is 4. The molecule has 2 aromatic carbocycles. The third kappa shape index (κ3) is 3.41. The van der Waals surface area contributed by atoms with Crippen LogP contribution in [0.1, 0.15) is 5.56 Å². The fraction of sp³-hybridized carbons (Fsp3) is 0.0455. The minimum atomic E-state index is -0.245. The van der Waals surface area contributed by atoms with Crippen molar-refractivity contribution < 1.29 is 14.3 Å². The van der Waals surface area contributed by atoms with Gasteiger partial charge in [-0.3, -0.25) is 9.36 Å². The molecule has 1 aliphatic heterocycles. The van der Waals surface area contributed by atoms with Crippen molar-refractivity contribution in [2.24, 2.45) is 0 Å². The van der Waals surface area contributed by atoms with Gasteiger partial charge in [0.15, 0.2) is 11.5 Å². The first kappa shape index (κ1) is 17.0. The fourth-order valence-corrected chi connectivity index (χ4v) is 3.12. The van der Waals surface area contributed by atoms with E-state index >= 15 is 0 Å². The Balaban J connectivity index is 1.28. The summed E-state index contributed by atoms with van der Waals surface area (Å²) in [7, 11) is 0. The molecule has 0 aliphatic carbocycles. The molecule has 29 heavy (non-hydrogen) atoms. The minimum absolute atomic E-state index is 0.223. The summed E-state index contributed by atoms with van der Waals surface area (Å²) >= 11 is 0. The average Bonchev–Trinajstić information content (AvgIpc) is 3.39. The molecule has 142 valence electrons. The Kier molecular flexibility index (Phi) is 4.18. The number of para-hydroxylation sites is 2. The van der Waals surface area contributed by atoms with Crippen molar-refractivity contribution in [3.05, 3.63) is 78.8 Å². The summed E-state index contributed by atoms with van der Waals surface area (Å²) in [6, 6.07) is 17.0. The lowest BCUT2D eigenvalue weighted by atomic mass is 10.2. The maximum atomic E-state index is 12.2. The van der Waals surface area contributed by atoms with E-state index in [1.165, 1.54) is 6.08 Å². The molecule has 3 heterocycles. The highest BCUT2D eigenvalue weighted by molar-refractivity contribution is 6.01. The van der Waals surface area contributed by atoms with Gasteiger partial charge >= 0.3 is 0 Å². The number of hydrogen-bond donors (Lipinski definition) is 1. The lowest BCUT2D eigenvalue weighted by Crippen LogP contribution is -2.08. The first-order valence-electron chi connectivity index (χ1n) is 9.03. The maximum absolute atomic E-state index is 12.2. The number of aromatic nitrogens is 3. The van der Waals surface area contributed by atoms with E-state index < -0.39 is 0 Å². The van der Waals surface area contributed by atoms with Gasteiger partial charge in [0.05, 0.1) is 22.9 Å². The number of imidazole rings is 1. The van der Waals surface area contributed by atoms with E-state index in [4.69, 9.17) is 9.47 Å². The van der Waals surface area contributed by atoms with Gasteiger partial charge in [-0.2, -0.15) is 0 Å². The minimum Gasteiger partial charge on any atom is -0.454 e. The lowest BCUT2D eigenvalue weighted by Gasteiger charge is -2.06. The molecule has 7 heteroatoms. The van der Waals surface area contributed by atoms with E-state index in [9.17, 15) is 4.79 Å². The van der Waals surface area contributed by atoms with Crippen LogP contribution in [-0.2, 0) is 4.79 Å². The van der Waals surface area contributed by atoms with Gasteiger partial charge in [-0.15, -0.1) is 0 Å². The fourth-order valence-electron chi connectivity index (χ4n) is 3.12. The number of fused-ring (bicyclic) bond motifs is 2. The van der Waals surface area contributed by atoms with Crippen LogP contribution in [0.5, 0.6) is 11.5 Å². The molecule has 7 nitrogen and oxygen atoms in total. The Bertz CT molecular complexity index is 1230. The van der Waals surface area contributed by atoms with Crippen LogP contribution in [0.3, 0.4) is 0 Å². The molecule has 1 aliphatic rings. The van der Waals surface area contributed by atoms with E-state index in [-0.39, 0.29) is 12.7 Å². The van der Waals surface area contributed by atoms with Crippen LogP contribution < -0.4 is 14.8 Å². The van der Waals surface area contributed by atoms with Crippen LogP contribution >= 0.6 is 0 Å². The summed E-state index contributed by atoms with van der Waals surface area (Å²) < 4.78 is 12.5. The summed E-state index contributed by atoms with van der Waals surface area (Å²) in [5.41, 5.74) is 3.34. The SMILES string of the molecule is O=C(/C=C/c1ccc2c(c1)OCO2)Nc1ccc(-n2cnc3ccccc32)nc1. The van der Waals surface area contributed by atoms with Crippen LogP contribution in [0.4, 0.5) is 5.69 Å². The Morgan fingerprint density at radius 2 is 1.93 bits per heavy atom. The first-order chi connectivity index (χ1) is 14.3. The number of hydrogen-bond acceptors (Lipinski definition) is 5. The second-order valence-corrected chi connectivity index (χ2v) is 6.44. The highest BCUT2D eigenvalue weighted by atomic mass is 16.7. The maximum Gasteiger partial charge on any atom is 0.248 e. The van der Waals surface area contributed by atoms with Crippen molar-refractivity contribution in [1.29, 1.82) is 0 Å². The number of benzene rings is 2. The number of nitrogens with zero attached hydrogens (tertiary/aromatic N) is 3. The molecule has 2 aromatic heterocycles. The summed E-state index contributed by atoms with van der Waals surface area (Å²) in [6.45, 7) is 0.223. The van der Waals surface area contributed by atoms with Gasteiger partial charge in [0, 0.05) is 6.08 Å². The van der Waals surface area contributed by atoms with Crippen LogP contribution in [0.2, 0.25) is 0 Å². The zero-order chi connectivity index (χ0) is 19.6. The molecule has 1 N–H and O–H groups in total. The van der Waals surface area contributed by atoms with E-state index in [2.05, 4.69) is 15.3 Å². The van der Waals surface area contributed by atoms with Crippen LogP contribution in [-0.4, -0.2) is 27.2 Å². The predicted octanol–water partition coefficient (Wildman–Crippen LogP) is 3.80. The highest BCUT2D eigenvalue weighted by Gasteiger charge is 2.12. The highest BCUT2D eigenvalue weighted by Crippen LogP contribution is 2.32. The van der Waals surface area contributed by atoms with Crippen molar-refractivity contribution in [1.82, 2.24) is 14.5 Å². The van der Waals surface area contributed by atoms with Crippen molar-refractivity contribution in [3.63, 3.8) is 0 Å². The van der Waals surface area contributed by atoms with Gasteiger partial charge in [0.1, 0.15) is 12.1 Å². The van der Waals surface area contributed by atoms with E-state index in [1.54, 1.807) is 18.6 Å². The standard InChI is InChI=1S/C22H16N4O3/c27-22(10-6-15-5-8-19-20(11-15)29-14-28-19)25-16-7-9-21(23-12-16)26-13-24-17-3-1-2-4-18(17)26/h1-13H,14H2,(H,25,27)/b10-6+. The molecule has 4 aromatic rings. The van der Waals surface area contributed by atoms with Gasteiger partial charge in [-0.25, -0.2) is 9.97 Å². The van der Waals surface area contributed by atoms with Gasteiger partial charge in [-0.05, 0) is 48.0 Å². The van der Waals surface area contributed by atoms with Crippen molar-refractivity contribution in [2.75, 3.05) is 12.1 Å². The summed E-state index contributed by atoms with van der Waals surface area (Å²) in [4.78, 5) is 21.0. The Hall–Kier alpha value is -4.13.